The van der Waals surface area contributed by atoms with Crippen molar-refractivity contribution < 1.29 is 9.53 Å². The second-order valence-electron chi connectivity index (χ2n) is 8.11. The lowest BCUT2D eigenvalue weighted by atomic mass is 9.86. The quantitative estimate of drug-likeness (QED) is 0.808. The van der Waals surface area contributed by atoms with Gasteiger partial charge in [-0.15, -0.1) is 0 Å². The molecule has 6 nitrogen and oxygen atoms in total. The normalized spacial score (nSPS) is 27.1. The first-order valence-electron chi connectivity index (χ1n) is 9.87. The minimum atomic E-state index is -0.000895. The maximum atomic E-state index is 12.6. The molecule has 4 heterocycles. The molecule has 3 aliphatic heterocycles. The fourth-order valence-corrected chi connectivity index (χ4v) is 4.54. The standard InChI is InChI=1S/C20H30N4O2/c1-22-9-11-23(12-10-22)18-14-20(26-16-18)4-7-24(8-5-20)19(25)13-17-3-2-6-21-15-17/h2-3,6,15,18H,4-5,7-14,16H2,1H3/t18-/m1/s1. The van der Waals surface area contributed by atoms with Crippen LogP contribution < -0.4 is 0 Å². The van der Waals surface area contributed by atoms with Crippen LogP contribution in [0.1, 0.15) is 24.8 Å². The van der Waals surface area contributed by atoms with Crippen LogP contribution in [0.3, 0.4) is 0 Å². The summed E-state index contributed by atoms with van der Waals surface area (Å²) in [6.45, 7) is 7.09. The molecule has 1 aromatic rings. The van der Waals surface area contributed by atoms with Gasteiger partial charge >= 0.3 is 0 Å². The molecule has 0 N–H and O–H groups in total. The predicted molar refractivity (Wildman–Crippen MR) is 99.9 cm³/mol. The van der Waals surface area contributed by atoms with Gasteiger partial charge in [-0.1, -0.05) is 6.07 Å². The topological polar surface area (TPSA) is 48.9 Å². The van der Waals surface area contributed by atoms with E-state index in [1.165, 1.54) is 0 Å². The SMILES string of the molecule is CN1CCN([C@H]2COC3(CCN(C(=O)Cc4cccnc4)CC3)C2)CC1. The highest BCUT2D eigenvalue weighted by molar-refractivity contribution is 5.78. The Morgan fingerprint density at radius 3 is 2.69 bits per heavy atom. The Kier molecular flexibility index (Phi) is 5.25. The van der Waals surface area contributed by atoms with Crippen molar-refractivity contribution >= 4 is 5.91 Å². The fourth-order valence-electron chi connectivity index (χ4n) is 4.54. The maximum absolute atomic E-state index is 12.6. The fraction of sp³-hybridized carbons (Fsp3) is 0.700. The van der Waals surface area contributed by atoms with Crippen LogP contribution in [0.4, 0.5) is 0 Å². The molecule has 0 unspecified atom stereocenters. The van der Waals surface area contributed by atoms with Crippen molar-refractivity contribution in [3.63, 3.8) is 0 Å². The Morgan fingerprint density at radius 2 is 2.00 bits per heavy atom. The minimum Gasteiger partial charge on any atom is -0.373 e. The van der Waals surface area contributed by atoms with Gasteiger partial charge in [0.05, 0.1) is 18.6 Å². The molecule has 0 aromatic carbocycles. The van der Waals surface area contributed by atoms with E-state index in [4.69, 9.17) is 4.74 Å². The molecule has 26 heavy (non-hydrogen) atoms. The number of nitrogens with zero attached hydrogens (tertiary/aromatic N) is 4. The van der Waals surface area contributed by atoms with Crippen molar-refractivity contribution in [1.82, 2.24) is 19.7 Å². The molecule has 0 bridgehead atoms. The van der Waals surface area contributed by atoms with Crippen LogP contribution in [0, 0.1) is 0 Å². The van der Waals surface area contributed by atoms with Crippen molar-refractivity contribution in [2.24, 2.45) is 0 Å². The zero-order valence-corrected chi connectivity index (χ0v) is 15.8. The highest BCUT2D eigenvalue weighted by Crippen LogP contribution is 2.38. The first-order chi connectivity index (χ1) is 12.6. The largest absolute Gasteiger partial charge is 0.373 e. The van der Waals surface area contributed by atoms with Crippen LogP contribution >= 0.6 is 0 Å². The van der Waals surface area contributed by atoms with Crippen LogP contribution in [0.15, 0.2) is 24.5 Å². The van der Waals surface area contributed by atoms with E-state index in [2.05, 4.69) is 21.8 Å². The van der Waals surface area contributed by atoms with Gasteiger partial charge in [-0.3, -0.25) is 14.7 Å². The Balaban J connectivity index is 1.27. The number of rotatable bonds is 3. The van der Waals surface area contributed by atoms with Crippen molar-refractivity contribution in [2.45, 2.75) is 37.3 Å². The molecule has 3 saturated heterocycles. The van der Waals surface area contributed by atoms with Gasteiger partial charge in [0.25, 0.3) is 0 Å². The number of likely N-dealkylation sites (N-methyl/N-ethyl adjacent to an activating group) is 1. The lowest BCUT2D eigenvalue weighted by Crippen LogP contribution is -2.50. The highest BCUT2D eigenvalue weighted by Gasteiger charge is 2.45. The van der Waals surface area contributed by atoms with Gasteiger partial charge in [-0.25, -0.2) is 0 Å². The zero-order valence-electron chi connectivity index (χ0n) is 15.8. The van der Waals surface area contributed by atoms with Crippen LogP contribution in [-0.4, -0.2) is 90.2 Å². The van der Waals surface area contributed by atoms with E-state index < -0.39 is 0 Å². The molecular weight excluding hydrogens is 328 g/mol. The average molecular weight is 358 g/mol. The van der Waals surface area contributed by atoms with E-state index in [1.807, 2.05) is 17.0 Å². The first kappa shape index (κ1) is 17.9. The summed E-state index contributed by atoms with van der Waals surface area (Å²) in [6.07, 6.45) is 7.04. The van der Waals surface area contributed by atoms with E-state index >= 15 is 0 Å². The smallest absolute Gasteiger partial charge is 0.227 e. The number of hydrogen-bond acceptors (Lipinski definition) is 5. The monoisotopic (exact) mass is 358 g/mol. The number of carbonyl (C=O) groups is 1. The predicted octanol–water partition coefficient (Wildman–Crippen LogP) is 1.02. The molecule has 1 aromatic heterocycles. The number of pyridine rings is 1. The molecule has 0 radical (unpaired) electrons. The Labute approximate surface area is 156 Å². The number of likely N-dealkylation sites (tertiary alicyclic amines) is 1. The Hall–Kier alpha value is -1.50. The summed E-state index contributed by atoms with van der Waals surface area (Å²) >= 11 is 0. The minimum absolute atomic E-state index is 0.000895. The van der Waals surface area contributed by atoms with Crippen LogP contribution in [-0.2, 0) is 16.0 Å². The molecule has 1 atom stereocenters. The Morgan fingerprint density at radius 1 is 1.23 bits per heavy atom. The van der Waals surface area contributed by atoms with Gasteiger partial charge < -0.3 is 14.5 Å². The van der Waals surface area contributed by atoms with E-state index in [0.717, 1.165) is 70.7 Å². The van der Waals surface area contributed by atoms with E-state index in [1.54, 1.807) is 12.4 Å². The third-order valence-electron chi connectivity index (χ3n) is 6.35. The van der Waals surface area contributed by atoms with Crippen LogP contribution in [0.25, 0.3) is 0 Å². The molecule has 6 heteroatoms. The summed E-state index contributed by atoms with van der Waals surface area (Å²) < 4.78 is 6.32. The molecule has 4 rings (SSSR count). The molecule has 1 spiro atoms. The first-order valence-corrected chi connectivity index (χ1v) is 9.87. The van der Waals surface area contributed by atoms with E-state index in [-0.39, 0.29) is 11.5 Å². The summed E-state index contributed by atoms with van der Waals surface area (Å²) in [5.74, 6) is 0.210. The lowest BCUT2D eigenvalue weighted by molar-refractivity contribution is -0.135. The second-order valence-corrected chi connectivity index (χ2v) is 8.11. The van der Waals surface area contributed by atoms with Gasteiger partial charge in [0, 0.05) is 57.7 Å². The van der Waals surface area contributed by atoms with Crippen molar-refractivity contribution in [3.8, 4) is 0 Å². The number of piperazine rings is 1. The summed E-state index contributed by atoms with van der Waals surface area (Å²) in [6, 6.07) is 4.41. The van der Waals surface area contributed by atoms with Gasteiger partial charge in [-0.2, -0.15) is 0 Å². The van der Waals surface area contributed by atoms with Gasteiger partial charge in [0.15, 0.2) is 0 Å². The summed E-state index contributed by atoms with van der Waals surface area (Å²) in [4.78, 5) is 23.7. The number of amides is 1. The number of hydrogen-bond donors (Lipinski definition) is 0. The molecule has 0 aliphatic carbocycles. The van der Waals surface area contributed by atoms with Crippen molar-refractivity contribution in [2.75, 3.05) is 52.9 Å². The van der Waals surface area contributed by atoms with E-state index in [0.29, 0.717) is 12.5 Å². The summed E-state index contributed by atoms with van der Waals surface area (Å²) in [7, 11) is 2.20. The van der Waals surface area contributed by atoms with Gasteiger partial charge in [0.2, 0.25) is 5.91 Å². The maximum Gasteiger partial charge on any atom is 0.227 e. The van der Waals surface area contributed by atoms with Crippen LogP contribution in [0.2, 0.25) is 0 Å². The summed E-state index contributed by atoms with van der Waals surface area (Å²) in [5.41, 5.74) is 0.990. The second kappa shape index (κ2) is 7.62. The van der Waals surface area contributed by atoms with Gasteiger partial charge in [0.1, 0.15) is 0 Å². The highest BCUT2D eigenvalue weighted by atomic mass is 16.5. The molecule has 0 saturated carbocycles. The molecule has 3 aliphatic rings. The average Bonchev–Trinajstić information content (AvgIpc) is 3.07. The van der Waals surface area contributed by atoms with Crippen LogP contribution in [0.5, 0.6) is 0 Å². The Bertz CT molecular complexity index is 607. The molecule has 1 amide bonds. The number of piperidine rings is 1. The molecule has 3 fully saturated rings. The van der Waals surface area contributed by atoms with E-state index in [9.17, 15) is 4.79 Å². The third kappa shape index (κ3) is 3.92. The number of ether oxygens (including phenoxy) is 1. The van der Waals surface area contributed by atoms with Gasteiger partial charge in [-0.05, 0) is 37.9 Å². The summed E-state index contributed by atoms with van der Waals surface area (Å²) in [5, 5.41) is 0. The molecule has 142 valence electrons. The van der Waals surface area contributed by atoms with Crippen molar-refractivity contribution in [1.29, 1.82) is 0 Å². The van der Waals surface area contributed by atoms with Crippen molar-refractivity contribution in [3.05, 3.63) is 30.1 Å². The lowest BCUT2D eigenvalue weighted by Gasteiger charge is -2.40. The number of carbonyl (C=O) groups excluding carboxylic acids is 1. The number of aromatic nitrogens is 1. The zero-order chi connectivity index (χ0) is 18.0. The third-order valence-corrected chi connectivity index (χ3v) is 6.35. The molecular formula is C20H30N4O2.